The minimum absolute atomic E-state index is 0.106. The van der Waals surface area contributed by atoms with Gasteiger partial charge in [0, 0.05) is 11.1 Å². The first kappa shape index (κ1) is 15.3. The first-order chi connectivity index (χ1) is 11.0. The Balaban J connectivity index is 2.31. The van der Waals surface area contributed by atoms with Crippen molar-refractivity contribution in [2.24, 2.45) is 5.73 Å². The lowest BCUT2D eigenvalue weighted by atomic mass is 10.1. The first-order valence-corrected chi connectivity index (χ1v) is 7.44. The molecule has 4 N–H and O–H groups in total. The lowest BCUT2D eigenvalue weighted by molar-refractivity contribution is -0.609. The second kappa shape index (κ2) is 5.91. The number of nitrogen functional groups attached to an aromatic ring is 1. The zero-order chi connectivity index (χ0) is 16.6. The van der Waals surface area contributed by atoms with Crippen molar-refractivity contribution in [3.05, 3.63) is 63.5 Å². The highest BCUT2D eigenvalue weighted by atomic mass is 35.5. The zero-order valence-electron chi connectivity index (χ0n) is 12.2. The first-order valence-electron chi connectivity index (χ1n) is 7.06. The van der Waals surface area contributed by atoms with Crippen LogP contribution in [0.3, 0.4) is 0 Å². The van der Waals surface area contributed by atoms with Crippen molar-refractivity contribution in [1.29, 1.82) is 0 Å². The second-order valence-electron chi connectivity index (χ2n) is 5.19. The van der Waals surface area contributed by atoms with Crippen molar-refractivity contribution < 1.29 is 9.46 Å². The van der Waals surface area contributed by atoms with Gasteiger partial charge in [-0.3, -0.25) is 5.73 Å². The molecule has 0 bridgehead atoms. The van der Waals surface area contributed by atoms with E-state index in [1.54, 1.807) is 42.5 Å². The lowest BCUT2D eigenvalue weighted by Crippen LogP contribution is -2.43. The van der Waals surface area contributed by atoms with Crippen molar-refractivity contribution in [1.82, 2.24) is 0 Å². The van der Waals surface area contributed by atoms with E-state index >= 15 is 0 Å². The molecule has 0 atom stereocenters. The summed E-state index contributed by atoms with van der Waals surface area (Å²) < 4.78 is 1.25. The summed E-state index contributed by atoms with van der Waals surface area (Å²) in [4.78, 5) is 0. The summed E-state index contributed by atoms with van der Waals surface area (Å²) in [5, 5.41) is 25.7. The largest absolute Gasteiger partial charge is 0.710 e. The predicted octanol–water partition coefficient (Wildman–Crippen LogP) is 1.51. The van der Waals surface area contributed by atoms with Gasteiger partial charge in [0.05, 0.1) is 5.56 Å². The maximum Gasteiger partial charge on any atom is 0.351 e. The van der Waals surface area contributed by atoms with Gasteiger partial charge in [-0.2, -0.15) is 4.73 Å². The van der Waals surface area contributed by atoms with E-state index in [-0.39, 0.29) is 22.5 Å². The number of fused-ring (bicyclic) bond motifs is 1. The Morgan fingerprint density at radius 2 is 1.65 bits per heavy atom. The van der Waals surface area contributed by atoms with Crippen LogP contribution in [0.15, 0.2) is 42.5 Å². The molecule has 23 heavy (non-hydrogen) atoms. The average Bonchev–Trinajstić information content (AvgIpc) is 2.55. The Bertz CT molecular complexity index is 882. The summed E-state index contributed by atoms with van der Waals surface area (Å²) in [6.07, 6.45) is 0.620. The van der Waals surface area contributed by atoms with Crippen molar-refractivity contribution in [3.8, 4) is 11.3 Å². The van der Waals surface area contributed by atoms with Gasteiger partial charge >= 0.3 is 11.5 Å². The highest BCUT2D eigenvalue weighted by Crippen LogP contribution is 2.24. The van der Waals surface area contributed by atoms with Gasteiger partial charge in [-0.1, -0.05) is 17.7 Å². The van der Waals surface area contributed by atoms with Gasteiger partial charge in [-0.25, -0.2) is 4.73 Å². The van der Waals surface area contributed by atoms with E-state index in [9.17, 15) is 10.4 Å². The van der Waals surface area contributed by atoms with Gasteiger partial charge in [0.1, 0.15) is 0 Å². The van der Waals surface area contributed by atoms with Crippen LogP contribution >= 0.6 is 11.6 Å². The minimum Gasteiger partial charge on any atom is -0.710 e. The molecule has 6 nitrogen and oxygen atoms in total. The van der Waals surface area contributed by atoms with E-state index in [1.807, 2.05) is 0 Å². The van der Waals surface area contributed by atoms with E-state index in [0.29, 0.717) is 33.0 Å². The van der Waals surface area contributed by atoms with Crippen LogP contribution in [0.2, 0.25) is 5.02 Å². The fourth-order valence-electron chi connectivity index (χ4n) is 2.55. The van der Waals surface area contributed by atoms with Crippen LogP contribution in [-0.2, 0) is 6.42 Å². The minimum atomic E-state index is -0.151. The molecule has 0 spiro atoms. The molecular weight excluding hydrogens is 316 g/mol. The molecule has 0 aliphatic heterocycles. The van der Waals surface area contributed by atoms with E-state index < -0.39 is 0 Å². The van der Waals surface area contributed by atoms with Crippen LogP contribution in [0, 0.1) is 10.4 Å². The fourth-order valence-corrected chi connectivity index (χ4v) is 2.67. The van der Waals surface area contributed by atoms with E-state index in [4.69, 9.17) is 23.1 Å². The molecular formula is C16H15ClN4O2. The summed E-state index contributed by atoms with van der Waals surface area (Å²) in [6.45, 7) is 0.459. The molecule has 7 heteroatoms. The fraction of sp³-hybridized carbons (Fsp3) is 0.125. The molecule has 0 unspecified atom stereocenters. The predicted molar refractivity (Wildman–Crippen MR) is 89.5 cm³/mol. The molecule has 0 saturated carbocycles. The third-order valence-corrected chi connectivity index (χ3v) is 3.94. The quantitative estimate of drug-likeness (QED) is 0.560. The highest BCUT2D eigenvalue weighted by molar-refractivity contribution is 6.30. The highest BCUT2D eigenvalue weighted by Gasteiger charge is 2.25. The van der Waals surface area contributed by atoms with Crippen molar-refractivity contribution in [2.75, 3.05) is 12.3 Å². The molecule has 3 aromatic rings. The van der Waals surface area contributed by atoms with E-state index in [0.717, 1.165) is 5.56 Å². The molecule has 2 aromatic carbocycles. The SMILES string of the molecule is NCCc1ccc2c(c1)[n+]([O-])c(-c1ccc(Cl)cc1)c(N)[n+]2[O-]. The maximum absolute atomic E-state index is 12.8. The van der Waals surface area contributed by atoms with Crippen LogP contribution in [0.25, 0.3) is 22.3 Å². The van der Waals surface area contributed by atoms with Crippen LogP contribution in [0.1, 0.15) is 5.56 Å². The van der Waals surface area contributed by atoms with Crippen LogP contribution in [0.5, 0.6) is 0 Å². The molecule has 118 valence electrons. The average molecular weight is 331 g/mol. The van der Waals surface area contributed by atoms with Gasteiger partial charge in [0.25, 0.3) is 5.52 Å². The van der Waals surface area contributed by atoms with Crippen molar-refractivity contribution >= 4 is 28.5 Å². The molecule has 0 aliphatic carbocycles. The zero-order valence-corrected chi connectivity index (χ0v) is 13.0. The monoisotopic (exact) mass is 330 g/mol. The van der Waals surface area contributed by atoms with Crippen molar-refractivity contribution in [2.45, 2.75) is 6.42 Å². The van der Waals surface area contributed by atoms with Gasteiger partial charge in [0.15, 0.2) is 0 Å². The topological polar surface area (TPSA) is 106 Å². The normalized spacial score (nSPS) is 11.0. The van der Waals surface area contributed by atoms with E-state index in [1.165, 1.54) is 0 Å². The number of nitrogens with zero attached hydrogens (tertiary/aromatic N) is 2. The van der Waals surface area contributed by atoms with Gasteiger partial charge in [0.2, 0.25) is 5.52 Å². The van der Waals surface area contributed by atoms with Crippen molar-refractivity contribution in [3.63, 3.8) is 0 Å². The molecule has 1 aromatic heterocycles. The Kier molecular flexibility index (Phi) is 3.94. The molecule has 0 fully saturated rings. The summed E-state index contributed by atoms with van der Waals surface area (Å²) in [6, 6.07) is 11.6. The van der Waals surface area contributed by atoms with Gasteiger partial charge < -0.3 is 16.1 Å². The van der Waals surface area contributed by atoms with Crippen LogP contribution < -0.4 is 20.9 Å². The standard InChI is InChI=1S/C16H15ClN4O2/c17-12-4-2-11(3-5-12)15-16(19)21(23)13-6-1-10(7-8-18)9-14(13)20(15)22/h1-6,9H,7-8,18-19H2. The van der Waals surface area contributed by atoms with Crippen LogP contribution in [0.4, 0.5) is 5.82 Å². The smallest absolute Gasteiger partial charge is 0.351 e. The molecule has 1 heterocycles. The number of aromatic nitrogens is 2. The number of rotatable bonds is 3. The second-order valence-corrected chi connectivity index (χ2v) is 5.63. The van der Waals surface area contributed by atoms with E-state index in [2.05, 4.69) is 0 Å². The number of nitrogens with two attached hydrogens (primary N) is 2. The number of anilines is 1. The summed E-state index contributed by atoms with van der Waals surface area (Å²) in [7, 11) is 0. The van der Waals surface area contributed by atoms with Gasteiger partial charge in [-0.05, 0) is 48.9 Å². The Hall–Kier alpha value is -2.57. The summed E-state index contributed by atoms with van der Waals surface area (Å²) in [5.74, 6) is -0.151. The third-order valence-electron chi connectivity index (χ3n) is 3.69. The maximum atomic E-state index is 12.8. The molecule has 0 aliphatic rings. The third kappa shape index (κ3) is 2.62. The Labute approximate surface area is 137 Å². The lowest BCUT2D eigenvalue weighted by Gasteiger charge is -2.14. The molecule has 0 radical (unpaired) electrons. The number of hydrogen-bond acceptors (Lipinski definition) is 4. The summed E-state index contributed by atoms with van der Waals surface area (Å²) in [5.41, 5.74) is 13.4. The number of benzene rings is 2. The number of halogens is 1. The van der Waals surface area contributed by atoms with Crippen LogP contribution in [-0.4, -0.2) is 6.54 Å². The Morgan fingerprint density at radius 1 is 0.957 bits per heavy atom. The Morgan fingerprint density at radius 3 is 2.30 bits per heavy atom. The molecule has 0 saturated heterocycles. The van der Waals surface area contributed by atoms with Gasteiger partial charge in [-0.15, -0.1) is 0 Å². The molecule has 3 rings (SSSR count). The number of hydrogen-bond donors (Lipinski definition) is 2. The molecule has 0 amide bonds. The summed E-state index contributed by atoms with van der Waals surface area (Å²) >= 11 is 5.87.